The van der Waals surface area contributed by atoms with Gasteiger partial charge < -0.3 is 10.5 Å². The number of nitrogens with two attached hydrogens (primary N) is 1. The van der Waals surface area contributed by atoms with Crippen LogP contribution >= 0.6 is 0 Å². The van der Waals surface area contributed by atoms with E-state index in [1.807, 2.05) is 0 Å². The van der Waals surface area contributed by atoms with Crippen molar-refractivity contribution >= 4 is 0 Å². The standard InChI is InChI=1S/C9H16F3NO/c10-9(11,12)5-8(6-13)7-1-3-14-4-2-7/h7-8H,1-6,13H2. The van der Waals surface area contributed by atoms with E-state index in [-0.39, 0.29) is 12.5 Å². The number of ether oxygens (including phenoxy) is 1. The Hall–Kier alpha value is -0.290. The molecule has 0 bridgehead atoms. The number of alkyl halides is 3. The molecular weight excluding hydrogens is 195 g/mol. The molecule has 0 radical (unpaired) electrons. The average Bonchev–Trinajstić information content (AvgIpc) is 2.14. The maximum atomic E-state index is 12.2. The molecule has 1 rings (SSSR count). The van der Waals surface area contributed by atoms with Crippen molar-refractivity contribution in [3.8, 4) is 0 Å². The van der Waals surface area contributed by atoms with Gasteiger partial charge in [0.25, 0.3) is 0 Å². The van der Waals surface area contributed by atoms with E-state index in [0.717, 1.165) is 0 Å². The maximum Gasteiger partial charge on any atom is 0.389 e. The Morgan fingerprint density at radius 1 is 1.29 bits per heavy atom. The molecule has 1 heterocycles. The monoisotopic (exact) mass is 211 g/mol. The highest BCUT2D eigenvalue weighted by molar-refractivity contribution is 4.75. The fourth-order valence-electron chi connectivity index (χ4n) is 1.93. The minimum absolute atomic E-state index is 0.0791. The van der Waals surface area contributed by atoms with E-state index in [4.69, 9.17) is 10.5 Å². The first-order valence-electron chi connectivity index (χ1n) is 4.87. The van der Waals surface area contributed by atoms with Crippen molar-refractivity contribution in [3.05, 3.63) is 0 Å². The van der Waals surface area contributed by atoms with E-state index < -0.39 is 18.5 Å². The lowest BCUT2D eigenvalue weighted by Crippen LogP contribution is -2.32. The van der Waals surface area contributed by atoms with Gasteiger partial charge in [-0.15, -0.1) is 0 Å². The maximum absolute atomic E-state index is 12.2. The summed E-state index contributed by atoms with van der Waals surface area (Å²) in [5, 5.41) is 0. The van der Waals surface area contributed by atoms with Crippen LogP contribution in [0.3, 0.4) is 0 Å². The first-order valence-corrected chi connectivity index (χ1v) is 4.87. The summed E-state index contributed by atoms with van der Waals surface area (Å²) >= 11 is 0. The van der Waals surface area contributed by atoms with Crippen LogP contribution in [0.4, 0.5) is 13.2 Å². The third-order valence-corrected chi connectivity index (χ3v) is 2.73. The van der Waals surface area contributed by atoms with Gasteiger partial charge in [0.05, 0.1) is 0 Å². The fraction of sp³-hybridized carbons (Fsp3) is 1.00. The van der Waals surface area contributed by atoms with Crippen LogP contribution in [0.15, 0.2) is 0 Å². The van der Waals surface area contributed by atoms with E-state index >= 15 is 0 Å². The van der Waals surface area contributed by atoms with Gasteiger partial charge in [-0.05, 0) is 31.2 Å². The normalized spacial score (nSPS) is 22.3. The predicted molar refractivity (Wildman–Crippen MR) is 46.8 cm³/mol. The molecule has 1 fully saturated rings. The lowest BCUT2D eigenvalue weighted by molar-refractivity contribution is -0.150. The minimum Gasteiger partial charge on any atom is -0.381 e. The largest absolute Gasteiger partial charge is 0.389 e. The molecule has 0 aromatic carbocycles. The zero-order valence-electron chi connectivity index (χ0n) is 8.02. The number of hydrogen-bond acceptors (Lipinski definition) is 2. The van der Waals surface area contributed by atoms with Gasteiger partial charge in [0, 0.05) is 19.6 Å². The molecule has 1 aliphatic rings. The SMILES string of the molecule is NCC(CC(F)(F)F)C1CCOCC1. The molecule has 0 spiro atoms. The van der Waals surface area contributed by atoms with E-state index in [9.17, 15) is 13.2 Å². The molecule has 0 aliphatic carbocycles. The first-order chi connectivity index (χ1) is 6.53. The highest BCUT2D eigenvalue weighted by Gasteiger charge is 2.35. The van der Waals surface area contributed by atoms with Crippen LogP contribution in [0.25, 0.3) is 0 Å². The Bertz CT molecular complexity index is 166. The van der Waals surface area contributed by atoms with E-state index in [2.05, 4.69) is 0 Å². The molecule has 84 valence electrons. The summed E-state index contributed by atoms with van der Waals surface area (Å²) in [4.78, 5) is 0. The predicted octanol–water partition coefficient (Wildman–Crippen LogP) is 1.94. The van der Waals surface area contributed by atoms with Gasteiger partial charge in [0.1, 0.15) is 0 Å². The van der Waals surface area contributed by atoms with Crippen LogP contribution in [0.1, 0.15) is 19.3 Å². The molecule has 1 aliphatic heterocycles. The number of halogens is 3. The lowest BCUT2D eigenvalue weighted by atomic mass is 9.84. The molecule has 2 nitrogen and oxygen atoms in total. The van der Waals surface area contributed by atoms with Gasteiger partial charge >= 0.3 is 6.18 Å². The molecular formula is C9H16F3NO. The summed E-state index contributed by atoms with van der Waals surface area (Å²) in [5.74, 6) is -0.353. The molecule has 0 aromatic heterocycles. The van der Waals surface area contributed by atoms with Crippen LogP contribution in [0, 0.1) is 11.8 Å². The zero-order chi connectivity index (χ0) is 10.6. The molecule has 2 N–H and O–H groups in total. The molecule has 14 heavy (non-hydrogen) atoms. The molecule has 1 atom stereocenters. The quantitative estimate of drug-likeness (QED) is 0.774. The first kappa shape index (κ1) is 11.8. The van der Waals surface area contributed by atoms with Crippen molar-refractivity contribution in [2.24, 2.45) is 17.6 Å². The third-order valence-electron chi connectivity index (χ3n) is 2.73. The van der Waals surface area contributed by atoms with Crippen LogP contribution in [-0.4, -0.2) is 25.9 Å². The molecule has 0 saturated carbocycles. The summed E-state index contributed by atoms with van der Waals surface area (Å²) in [6.07, 6.45) is -3.44. The smallest absolute Gasteiger partial charge is 0.381 e. The van der Waals surface area contributed by atoms with Crippen molar-refractivity contribution in [2.45, 2.75) is 25.4 Å². The lowest BCUT2D eigenvalue weighted by Gasteiger charge is -2.29. The third kappa shape index (κ3) is 3.84. The fourth-order valence-corrected chi connectivity index (χ4v) is 1.93. The van der Waals surface area contributed by atoms with Crippen molar-refractivity contribution < 1.29 is 17.9 Å². The second-order valence-corrected chi connectivity index (χ2v) is 3.76. The second kappa shape index (κ2) is 4.98. The topological polar surface area (TPSA) is 35.2 Å². The Morgan fingerprint density at radius 2 is 1.86 bits per heavy atom. The minimum atomic E-state index is -4.09. The summed E-state index contributed by atoms with van der Waals surface area (Å²) < 4.78 is 41.6. The van der Waals surface area contributed by atoms with Crippen molar-refractivity contribution in [1.29, 1.82) is 0 Å². The molecule has 0 amide bonds. The average molecular weight is 211 g/mol. The summed E-state index contributed by atoms with van der Waals surface area (Å²) in [6.45, 7) is 1.25. The Kier molecular flexibility index (Phi) is 4.19. The van der Waals surface area contributed by atoms with Crippen LogP contribution in [-0.2, 0) is 4.74 Å². The molecule has 1 saturated heterocycles. The summed E-state index contributed by atoms with van der Waals surface area (Å²) in [5.41, 5.74) is 5.37. The van der Waals surface area contributed by atoms with Gasteiger partial charge in [-0.3, -0.25) is 0 Å². The van der Waals surface area contributed by atoms with Crippen molar-refractivity contribution in [2.75, 3.05) is 19.8 Å². The zero-order valence-corrected chi connectivity index (χ0v) is 8.02. The van der Waals surface area contributed by atoms with Gasteiger partial charge in [-0.1, -0.05) is 0 Å². The second-order valence-electron chi connectivity index (χ2n) is 3.76. The van der Waals surface area contributed by atoms with Gasteiger partial charge in [0.15, 0.2) is 0 Å². The van der Waals surface area contributed by atoms with E-state index in [1.54, 1.807) is 0 Å². The van der Waals surface area contributed by atoms with Crippen molar-refractivity contribution in [3.63, 3.8) is 0 Å². The molecule has 1 unspecified atom stereocenters. The van der Waals surface area contributed by atoms with Crippen LogP contribution < -0.4 is 5.73 Å². The van der Waals surface area contributed by atoms with E-state index in [1.165, 1.54) is 0 Å². The molecule has 0 aromatic rings. The van der Waals surface area contributed by atoms with E-state index in [0.29, 0.717) is 26.1 Å². The van der Waals surface area contributed by atoms with Gasteiger partial charge in [-0.2, -0.15) is 13.2 Å². The highest BCUT2D eigenvalue weighted by Crippen LogP contribution is 2.32. The van der Waals surface area contributed by atoms with Crippen molar-refractivity contribution in [1.82, 2.24) is 0 Å². The summed E-state index contributed by atoms with van der Waals surface area (Å²) in [6, 6.07) is 0. The van der Waals surface area contributed by atoms with Gasteiger partial charge in [0.2, 0.25) is 0 Å². The Labute approximate surface area is 81.6 Å². The van der Waals surface area contributed by atoms with Crippen LogP contribution in [0.5, 0.6) is 0 Å². The number of hydrogen-bond donors (Lipinski definition) is 1. The Morgan fingerprint density at radius 3 is 2.29 bits per heavy atom. The molecule has 5 heteroatoms. The number of rotatable bonds is 3. The summed E-state index contributed by atoms with van der Waals surface area (Å²) in [7, 11) is 0. The van der Waals surface area contributed by atoms with Crippen LogP contribution in [0.2, 0.25) is 0 Å². The van der Waals surface area contributed by atoms with Gasteiger partial charge in [-0.25, -0.2) is 0 Å². The highest BCUT2D eigenvalue weighted by atomic mass is 19.4. The Balaban J connectivity index is 2.43.